The second-order valence-corrected chi connectivity index (χ2v) is 48.1. The molecule has 0 heterocycles. The molecule has 138 heavy (non-hydrogen) atoms. The van der Waals surface area contributed by atoms with Crippen LogP contribution in [0.5, 0.6) is 0 Å². The van der Waals surface area contributed by atoms with Crippen LogP contribution < -0.4 is 0 Å². The van der Waals surface area contributed by atoms with Crippen LogP contribution in [0.15, 0.2) is 0 Å². The molecule has 0 saturated heterocycles. The van der Waals surface area contributed by atoms with Gasteiger partial charge in [-0.2, -0.15) is 0 Å². The Bertz CT molecular complexity index is 1990. The smallest absolute Gasteiger partial charge is 0.310 e. The molecule has 2 heteroatoms. The molecule has 2 nitrogen and oxygen atoms in total. The second kappa shape index (κ2) is 123. The monoisotopic (exact) mass is 1940 g/mol. The highest BCUT2D eigenvalue weighted by atomic mass is 16.4. The van der Waals surface area contributed by atoms with Crippen molar-refractivity contribution in [3.05, 3.63) is 0 Å². The Labute approximate surface area is 877 Å². The number of aliphatic carboxylic acids is 1. The molecule has 0 aliphatic heterocycles. The molecule has 1 N–H and O–H groups in total. The van der Waals surface area contributed by atoms with E-state index in [0.29, 0.717) is 0 Å². The van der Waals surface area contributed by atoms with E-state index in [1.807, 2.05) is 0 Å². The standard InChI is InChI=1S/C136H272O2/c1-6-11-16-21-26-31-36-40-44-48-52-56-60-64-68-72-76-80-84-88-92-96-100-105-110-115-120-125-130-135(129-124-119-114-109-104-35-30-25-20-15-10-5,131-126-121-116-111-106-101-97-93-89-85-81-77-73-69-65-61-57-53-49-45-41-37-32-27-22-17-12-7-2)136(134(137)138,132-127-122-117-112-107-102-98-94-90-86-82-78-74-70-66-62-58-54-50-46-42-38-33-28-23-18-13-8-3)133-128-123-118-113-108-103-99-95-91-87-83-79-75-71-67-63-59-55-51-47-43-39-34-29-24-19-14-9-4/h6-133H2,1-5H3,(H,137,138). The van der Waals surface area contributed by atoms with Crippen LogP contribution >= 0.6 is 0 Å². The molecule has 0 aliphatic carbocycles. The first-order valence-corrected chi connectivity index (χ1v) is 67.7. The highest BCUT2D eigenvalue weighted by molar-refractivity contribution is 5.76. The molecular weight excluding hydrogens is 1670 g/mol. The maximum Gasteiger partial charge on any atom is 0.310 e. The summed E-state index contributed by atoms with van der Waals surface area (Å²) in [6.45, 7) is 11.7. The largest absolute Gasteiger partial charge is 0.481 e. The van der Waals surface area contributed by atoms with Crippen molar-refractivity contribution in [3.63, 3.8) is 0 Å². The molecule has 0 amide bonds. The average molecular weight is 1940 g/mol. The minimum atomic E-state index is -0.596. The van der Waals surface area contributed by atoms with E-state index < -0.39 is 5.41 Å². The highest BCUT2D eigenvalue weighted by Gasteiger charge is 2.54. The summed E-state index contributed by atoms with van der Waals surface area (Å²) < 4.78 is 0. The van der Waals surface area contributed by atoms with Crippen LogP contribution in [0.3, 0.4) is 0 Å². The van der Waals surface area contributed by atoms with Crippen molar-refractivity contribution < 1.29 is 9.90 Å². The molecule has 0 aliphatic rings. The fourth-order valence-corrected chi connectivity index (χ4v) is 24.8. The van der Waals surface area contributed by atoms with Gasteiger partial charge in [0.15, 0.2) is 0 Å². The molecule has 0 fully saturated rings. The molecule has 0 radical (unpaired) electrons. The maximum atomic E-state index is 15.3. The van der Waals surface area contributed by atoms with E-state index in [9.17, 15) is 5.11 Å². The van der Waals surface area contributed by atoms with Gasteiger partial charge in [-0.25, -0.2) is 0 Å². The van der Waals surface area contributed by atoms with Crippen molar-refractivity contribution in [1.82, 2.24) is 0 Å². The predicted molar refractivity (Wildman–Crippen MR) is 632 cm³/mol. The Kier molecular flexibility index (Phi) is 123. The number of hydrogen-bond donors (Lipinski definition) is 1. The van der Waals surface area contributed by atoms with Crippen molar-refractivity contribution in [2.75, 3.05) is 0 Å². The van der Waals surface area contributed by atoms with Crippen LogP contribution in [-0.4, -0.2) is 11.1 Å². The normalized spacial score (nSPS) is 12.1. The van der Waals surface area contributed by atoms with E-state index in [1.165, 1.54) is 796 Å². The van der Waals surface area contributed by atoms with Crippen molar-refractivity contribution in [3.8, 4) is 0 Å². The lowest BCUT2D eigenvalue weighted by Gasteiger charge is -2.50. The Morgan fingerprint density at radius 2 is 0.174 bits per heavy atom. The fourth-order valence-electron chi connectivity index (χ4n) is 24.8. The van der Waals surface area contributed by atoms with E-state index in [0.717, 1.165) is 25.7 Å². The summed E-state index contributed by atoms with van der Waals surface area (Å²) in [5, 5.41) is 12.5. The molecule has 0 atom stereocenters. The third-order valence-corrected chi connectivity index (χ3v) is 34.6. The predicted octanol–water partition coefficient (Wildman–Crippen LogP) is 52.1. The van der Waals surface area contributed by atoms with Crippen LogP contribution in [0.2, 0.25) is 0 Å². The van der Waals surface area contributed by atoms with Crippen molar-refractivity contribution >= 4 is 5.97 Å². The SMILES string of the molecule is CCCCCCCCCCCCCCCCCCCCCCCCCCCCCCC(CCCCCCCCCCCCC)(CCCCCCCCCCCCCCCCCCCCCCCCCCCCCC)C(CCCCCCCCCCCCCCCCCCCCCCCCCCCCCC)(CCCCCCCCCCCCCCCCCCCCCCCCCCCCCC)C(=O)O. The average Bonchev–Trinajstić information content (AvgIpc) is 0.755. The zero-order valence-electron chi connectivity index (χ0n) is 97.9. The summed E-state index contributed by atoms with van der Waals surface area (Å²) in [6, 6.07) is 0. The van der Waals surface area contributed by atoms with E-state index in [4.69, 9.17) is 0 Å². The third-order valence-electron chi connectivity index (χ3n) is 34.6. The van der Waals surface area contributed by atoms with Gasteiger partial charge in [0, 0.05) is 0 Å². The number of carbonyl (C=O) groups is 1. The molecule has 0 saturated carbocycles. The number of carboxylic acid groups (broad SMARTS) is 1. The van der Waals surface area contributed by atoms with Crippen LogP contribution in [-0.2, 0) is 4.79 Å². The number of carboxylic acids is 1. The van der Waals surface area contributed by atoms with Crippen molar-refractivity contribution in [1.29, 1.82) is 0 Å². The van der Waals surface area contributed by atoms with E-state index in [2.05, 4.69) is 34.6 Å². The van der Waals surface area contributed by atoms with Crippen LogP contribution in [0.4, 0.5) is 0 Å². The second-order valence-electron chi connectivity index (χ2n) is 48.1. The Morgan fingerprint density at radius 1 is 0.109 bits per heavy atom. The maximum absolute atomic E-state index is 15.3. The summed E-state index contributed by atoms with van der Waals surface area (Å²) in [7, 11) is 0. The minimum Gasteiger partial charge on any atom is -0.481 e. The molecule has 0 rings (SSSR count). The number of hydrogen-bond acceptors (Lipinski definition) is 1. The van der Waals surface area contributed by atoms with Gasteiger partial charge in [0.05, 0.1) is 5.41 Å². The Morgan fingerprint density at radius 3 is 0.246 bits per heavy atom. The first-order chi connectivity index (χ1) is 68.5. The van der Waals surface area contributed by atoms with Gasteiger partial charge < -0.3 is 5.11 Å². The van der Waals surface area contributed by atoms with E-state index in [-0.39, 0.29) is 11.4 Å². The molecule has 0 bridgehead atoms. The van der Waals surface area contributed by atoms with Crippen molar-refractivity contribution in [2.45, 2.75) is 856 Å². The summed E-state index contributed by atoms with van der Waals surface area (Å²) >= 11 is 0. The van der Waals surface area contributed by atoms with Gasteiger partial charge in [-0.3, -0.25) is 4.79 Å². The first-order valence-electron chi connectivity index (χ1n) is 67.7. The Hall–Kier alpha value is -0.530. The number of rotatable bonds is 130. The highest BCUT2D eigenvalue weighted by Crippen LogP contribution is 2.57. The van der Waals surface area contributed by atoms with Gasteiger partial charge in [0.25, 0.3) is 0 Å². The van der Waals surface area contributed by atoms with Gasteiger partial charge >= 0.3 is 5.97 Å². The van der Waals surface area contributed by atoms with Crippen LogP contribution in [0, 0.1) is 10.8 Å². The number of unbranched alkanes of at least 4 members (excludes halogenated alkanes) is 118. The zero-order valence-corrected chi connectivity index (χ0v) is 97.9. The summed E-state index contributed by atoms with van der Waals surface area (Å²) in [4.78, 5) is 15.3. The molecule has 0 aromatic rings. The lowest BCUT2D eigenvalue weighted by atomic mass is 9.53. The van der Waals surface area contributed by atoms with Crippen LogP contribution in [0.1, 0.15) is 856 Å². The van der Waals surface area contributed by atoms with Gasteiger partial charge in [0.1, 0.15) is 0 Å². The quantitative estimate of drug-likeness (QED) is 0.0616. The molecule has 0 spiro atoms. The molecule has 0 aromatic carbocycles. The third kappa shape index (κ3) is 105. The van der Waals surface area contributed by atoms with E-state index in [1.54, 1.807) is 0 Å². The lowest BCUT2D eigenvalue weighted by Crippen LogP contribution is -2.48. The molecule has 0 aromatic heterocycles. The van der Waals surface area contributed by atoms with Gasteiger partial charge in [-0.05, 0) is 37.5 Å². The van der Waals surface area contributed by atoms with Crippen molar-refractivity contribution in [2.24, 2.45) is 10.8 Å². The summed E-state index contributed by atoms with van der Waals surface area (Å²) in [6.07, 6.45) is 181. The van der Waals surface area contributed by atoms with Gasteiger partial charge in [-0.1, -0.05) is 824 Å². The van der Waals surface area contributed by atoms with Crippen LogP contribution in [0.25, 0.3) is 0 Å². The molecule has 828 valence electrons. The minimum absolute atomic E-state index is 0.0898. The lowest BCUT2D eigenvalue weighted by molar-refractivity contribution is -0.164. The first kappa shape index (κ1) is 137. The summed E-state index contributed by atoms with van der Waals surface area (Å²) in [5.74, 6) is -0.360. The van der Waals surface area contributed by atoms with E-state index >= 15 is 4.79 Å². The topological polar surface area (TPSA) is 37.3 Å². The Balaban J connectivity index is 6.00. The fraction of sp³-hybridized carbons (Fsp3) is 0.993. The van der Waals surface area contributed by atoms with Gasteiger partial charge in [0.2, 0.25) is 0 Å². The van der Waals surface area contributed by atoms with Gasteiger partial charge in [-0.15, -0.1) is 0 Å². The zero-order chi connectivity index (χ0) is 99.1. The molecular formula is C136H272O2. The molecule has 0 unspecified atom stereocenters. The summed E-state index contributed by atoms with van der Waals surface area (Å²) in [5.41, 5.74) is -0.686.